The van der Waals surface area contributed by atoms with E-state index in [4.69, 9.17) is 42.8 Å². The van der Waals surface area contributed by atoms with Crippen LogP contribution in [0.2, 0.25) is 0 Å². The van der Waals surface area contributed by atoms with Crippen LogP contribution in [-0.4, -0.2) is 92.1 Å². The molecule has 3 aromatic heterocycles. The normalized spacial score (nSPS) is 27.5. The number of alkyl halides is 1. The molecular weight excluding hydrogens is 948 g/mol. The number of hydrogen-bond donors (Lipinski definition) is 2. The van der Waals surface area contributed by atoms with Crippen molar-refractivity contribution in [1.82, 2.24) is 29.1 Å². The highest BCUT2D eigenvalue weighted by atomic mass is 32.7. The van der Waals surface area contributed by atoms with E-state index in [1.165, 1.54) is 55.7 Å². The van der Waals surface area contributed by atoms with Crippen molar-refractivity contribution >= 4 is 48.7 Å². The summed E-state index contributed by atoms with van der Waals surface area (Å²) in [7, 11) is -4.11. The summed E-state index contributed by atoms with van der Waals surface area (Å²) in [5.41, 5.74) is 5.95. The predicted octanol–water partition coefficient (Wildman–Crippen LogP) is 7.90. The molecular formula is C44H54FN7O13P2S. The number of benzene rings is 2. The number of unbranched alkanes of at least 4 members (excludes halogenated alkanes) is 7. The smallest absolute Gasteiger partial charge is 0.389 e. The molecule has 366 valence electrons. The van der Waals surface area contributed by atoms with Crippen molar-refractivity contribution in [2.24, 2.45) is 0 Å². The van der Waals surface area contributed by atoms with Crippen molar-refractivity contribution in [2.75, 3.05) is 32.2 Å². The number of ether oxygens (including phenoxy) is 4. The van der Waals surface area contributed by atoms with E-state index in [-0.39, 0.29) is 41.5 Å². The third kappa shape index (κ3) is 12.3. The summed E-state index contributed by atoms with van der Waals surface area (Å²) in [6.45, 7) is -1.42. The summed E-state index contributed by atoms with van der Waals surface area (Å²) in [5, 5.41) is 0. The third-order valence-electron chi connectivity index (χ3n) is 11.5. The molecule has 0 spiro atoms. The molecule has 0 aliphatic carbocycles. The van der Waals surface area contributed by atoms with E-state index in [1.807, 2.05) is 0 Å². The standard InChI is InChI=1S/C44H54FN7O13P2S/c1-3-4-5-6-7-8-9-10-21-58-30-17-13-29(14-18-30)43(54)62-31-15-11-28(12-16-31)25-68-67(57)60-24-34-36(45)38(42(63-34)51-20-19-35(53)50-44(51)55)65-66(2,56)59-23-32-22-33(64-67)41(61-32)52-27-49-37-39(46)47-26-48-40(37)52/h11-20,26-27,32-34,36,38,41-42H,3-10,21-25H2,1-2H3,(H2,46,47,48)(H,50,53,55)/t32-,33+,34+,36+,38+,41+,42+,66?,67?/m0/s1. The van der Waals surface area contributed by atoms with Gasteiger partial charge in [0.15, 0.2) is 30.1 Å². The van der Waals surface area contributed by atoms with E-state index in [9.17, 15) is 18.9 Å². The number of imidazole rings is 1. The van der Waals surface area contributed by atoms with Gasteiger partial charge >= 0.3 is 26.1 Å². The van der Waals surface area contributed by atoms with Crippen LogP contribution in [0, 0.1) is 0 Å². The van der Waals surface area contributed by atoms with Crippen LogP contribution < -0.4 is 26.5 Å². The summed E-state index contributed by atoms with van der Waals surface area (Å²) in [6, 6.07) is 14.3. The number of nitrogens with one attached hydrogen (secondary N) is 1. The molecule has 0 saturated carbocycles. The van der Waals surface area contributed by atoms with Gasteiger partial charge in [-0.2, -0.15) is 0 Å². The maximum atomic E-state index is 16.4. The first kappa shape index (κ1) is 49.7. The fraction of sp³-hybridized carbons (Fsp3) is 0.500. The van der Waals surface area contributed by atoms with Crippen LogP contribution in [0.25, 0.3) is 11.2 Å². The van der Waals surface area contributed by atoms with E-state index in [2.05, 4.69) is 26.9 Å². The van der Waals surface area contributed by atoms with Gasteiger partial charge in [0.25, 0.3) is 5.56 Å². The number of carbonyl (C=O) groups excluding carboxylic acids is 1. The zero-order valence-corrected chi connectivity index (χ0v) is 40.1. The van der Waals surface area contributed by atoms with E-state index >= 15 is 8.96 Å². The van der Waals surface area contributed by atoms with E-state index in [0.29, 0.717) is 23.5 Å². The fourth-order valence-electron chi connectivity index (χ4n) is 8.00. The Morgan fingerprint density at radius 3 is 2.35 bits per heavy atom. The number of fused-ring (bicyclic) bond motifs is 5. The molecule has 6 heterocycles. The first-order valence-corrected chi connectivity index (χ1v) is 27.6. The molecule has 68 heavy (non-hydrogen) atoms. The molecule has 8 rings (SSSR count). The van der Waals surface area contributed by atoms with Crippen LogP contribution in [0.1, 0.15) is 93.1 Å². The number of esters is 1. The van der Waals surface area contributed by atoms with Crippen LogP contribution in [0.4, 0.5) is 10.2 Å². The second-order valence-corrected chi connectivity index (χ2v) is 22.7. The predicted molar refractivity (Wildman–Crippen MR) is 248 cm³/mol. The van der Waals surface area contributed by atoms with Crippen LogP contribution in [0.3, 0.4) is 0 Å². The lowest BCUT2D eigenvalue weighted by molar-refractivity contribution is -0.0603. The Bertz CT molecular complexity index is 2730. The molecule has 9 atom stereocenters. The van der Waals surface area contributed by atoms with Crippen molar-refractivity contribution < 1.29 is 55.4 Å². The van der Waals surface area contributed by atoms with Crippen molar-refractivity contribution in [3.05, 3.63) is 105 Å². The summed E-state index contributed by atoms with van der Waals surface area (Å²) in [6.07, 6.45) is 3.59. The van der Waals surface area contributed by atoms with Crippen molar-refractivity contribution in [2.45, 2.75) is 114 Å². The number of halogens is 1. The third-order valence-corrected chi connectivity index (χ3v) is 16.5. The maximum absolute atomic E-state index is 16.4. The van der Waals surface area contributed by atoms with Crippen molar-refractivity contribution in [1.29, 1.82) is 0 Å². The zero-order chi connectivity index (χ0) is 47.8. The number of nitrogen functional groups attached to an aromatic ring is 1. The van der Waals surface area contributed by atoms with Crippen molar-refractivity contribution in [3.63, 3.8) is 0 Å². The first-order valence-electron chi connectivity index (χ1n) is 22.5. The molecule has 3 saturated heterocycles. The lowest BCUT2D eigenvalue weighted by atomic mass is 10.1. The summed E-state index contributed by atoms with van der Waals surface area (Å²) >= 11 is 0.800. The highest BCUT2D eigenvalue weighted by Crippen LogP contribution is 2.65. The number of carbonyl (C=O) groups is 1. The largest absolute Gasteiger partial charge is 0.494 e. The summed E-state index contributed by atoms with van der Waals surface area (Å²) < 4.78 is 95.3. The Morgan fingerprint density at radius 1 is 0.868 bits per heavy atom. The number of aromatic nitrogens is 6. The number of anilines is 1. The van der Waals surface area contributed by atoms with Gasteiger partial charge in [-0.1, -0.05) is 64.0 Å². The second kappa shape index (κ2) is 22.3. The van der Waals surface area contributed by atoms with E-state index < -0.39 is 81.3 Å². The minimum atomic E-state index is -4.35. The van der Waals surface area contributed by atoms with Crippen LogP contribution in [0.5, 0.6) is 11.5 Å². The van der Waals surface area contributed by atoms with Gasteiger partial charge in [0.2, 0.25) is 0 Å². The minimum Gasteiger partial charge on any atom is -0.494 e. The Hall–Kier alpha value is -4.76. The van der Waals surface area contributed by atoms with Gasteiger partial charge < -0.3 is 29.2 Å². The molecule has 3 aliphatic heterocycles. The number of aromatic amines is 1. The van der Waals surface area contributed by atoms with Gasteiger partial charge in [-0.3, -0.25) is 37.0 Å². The van der Waals surface area contributed by atoms with Gasteiger partial charge in [0, 0.05) is 31.1 Å². The monoisotopic (exact) mass is 1000 g/mol. The highest BCUT2D eigenvalue weighted by Gasteiger charge is 2.52. The lowest BCUT2D eigenvalue weighted by Gasteiger charge is -2.26. The molecule has 0 amide bonds. The molecule has 3 fully saturated rings. The number of rotatable bonds is 17. The van der Waals surface area contributed by atoms with Gasteiger partial charge in [-0.15, -0.1) is 0 Å². The Kier molecular flexibility index (Phi) is 16.3. The summed E-state index contributed by atoms with van der Waals surface area (Å²) in [5.74, 6) is 0.526. The zero-order valence-electron chi connectivity index (χ0n) is 37.5. The molecule has 0 radical (unpaired) electrons. The maximum Gasteiger partial charge on any atom is 0.389 e. The Balaban J connectivity index is 0.956. The van der Waals surface area contributed by atoms with E-state index in [1.54, 1.807) is 48.5 Å². The topological polar surface area (TPSA) is 250 Å². The SMILES string of the molecule is CCCCCCCCCCOc1ccc(C(=O)Oc2ccc(CSP3(=O)OC[C@H]4O[C@@H](n5ccc(=O)[nH]c5=O)[C@H](OP(C)(=O)OC[C@@H]5C[C@@H](O3)[C@H](n3cnc6c(N)ncnc63)O5)[C@@H]4F)cc2)cc1. The number of hydrogen-bond acceptors (Lipinski definition) is 18. The number of nitrogens with zero attached hydrogens (tertiary/aromatic N) is 5. The molecule has 24 heteroatoms. The summed E-state index contributed by atoms with van der Waals surface area (Å²) in [4.78, 5) is 52.5. The van der Waals surface area contributed by atoms with Crippen LogP contribution in [0.15, 0.2) is 83.0 Å². The molecule has 2 aromatic carbocycles. The Morgan fingerprint density at radius 2 is 1.60 bits per heavy atom. The molecule has 3 N–H and O–H groups in total. The second-order valence-electron chi connectivity index (χ2n) is 16.7. The Labute approximate surface area is 394 Å². The van der Waals surface area contributed by atoms with E-state index in [0.717, 1.165) is 47.7 Å². The molecule has 4 bridgehead atoms. The number of nitrogens with two attached hydrogens (primary N) is 1. The average molecular weight is 1000 g/mol. The van der Waals surface area contributed by atoms with Crippen LogP contribution in [-0.2, 0) is 42.5 Å². The van der Waals surface area contributed by atoms with Gasteiger partial charge in [0.05, 0.1) is 37.8 Å². The minimum absolute atomic E-state index is 0.0401. The fourth-order valence-corrected chi connectivity index (χ4v) is 12.5. The van der Waals surface area contributed by atoms with Gasteiger partial charge in [-0.05, 0) is 59.8 Å². The molecule has 2 unspecified atom stereocenters. The molecule has 5 aromatic rings. The highest BCUT2D eigenvalue weighted by molar-refractivity contribution is 8.54. The molecule has 20 nitrogen and oxygen atoms in total. The quantitative estimate of drug-likeness (QED) is 0.0389. The van der Waals surface area contributed by atoms with Crippen LogP contribution >= 0.6 is 25.8 Å². The lowest BCUT2D eigenvalue weighted by Crippen LogP contribution is -2.37. The molecule has 3 aliphatic rings. The van der Waals surface area contributed by atoms with Gasteiger partial charge in [-0.25, -0.2) is 33.5 Å². The average Bonchev–Trinajstić information content (AvgIpc) is 4.02. The first-order chi connectivity index (χ1) is 32.8. The van der Waals surface area contributed by atoms with Crippen molar-refractivity contribution in [3.8, 4) is 11.5 Å². The van der Waals surface area contributed by atoms with Gasteiger partial charge in [0.1, 0.15) is 41.7 Å². The number of H-pyrrole nitrogens is 1.